The first-order chi connectivity index (χ1) is 8.67. The molecule has 1 amide bonds. The van der Waals surface area contributed by atoms with E-state index in [-0.39, 0.29) is 18.3 Å². The van der Waals surface area contributed by atoms with E-state index < -0.39 is 0 Å². The fourth-order valence-corrected chi connectivity index (χ4v) is 1.57. The van der Waals surface area contributed by atoms with E-state index in [2.05, 4.69) is 31.3 Å². The molecule has 18 heavy (non-hydrogen) atoms. The molecule has 1 aromatic carbocycles. The van der Waals surface area contributed by atoms with Crippen molar-refractivity contribution in [2.45, 2.75) is 6.54 Å². The molecule has 7 heteroatoms. The van der Waals surface area contributed by atoms with Crippen molar-refractivity contribution in [1.29, 1.82) is 5.26 Å². The molecule has 0 saturated carbocycles. The van der Waals surface area contributed by atoms with Gasteiger partial charge in [0.05, 0.1) is 0 Å². The molecular weight excluding hydrogens is 298 g/mol. The fraction of sp³-hybridized carbons (Fsp3) is 0.0909. The number of hydrogen-bond donors (Lipinski definition) is 1. The van der Waals surface area contributed by atoms with Gasteiger partial charge in [-0.25, -0.2) is 9.67 Å². The summed E-state index contributed by atoms with van der Waals surface area (Å²) in [7, 11) is 0. The van der Waals surface area contributed by atoms with Crippen LogP contribution in [-0.2, 0) is 11.3 Å². The molecule has 0 aliphatic carbocycles. The van der Waals surface area contributed by atoms with Gasteiger partial charge in [0.2, 0.25) is 5.91 Å². The van der Waals surface area contributed by atoms with E-state index in [0.717, 1.165) is 4.47 Å². The zero-order valence-corrected chi connectivity index (χ0v) is 10.8. The van der Waals surface area contributed by atoms with Crippen molar-refractivity contribution in [3.05, 3.63) is 40.9 Å². The number of nitrogens with one attached hydrogen (secondary N) is 1. The quantitative estimate of drug-likeness (QED) is 0.932. The van der Waals surface area contributed by atoms with E-state index in [0.29, 0.717) is 5.69 Å². The van der Waals surface area contributed by atoms with Crippen molar-refractivity contribution in [3.8, 4) is 6.07 Å². The van der Waals surface area contributed by atoms with Crippen LogP contribution in [0.15, 0.2) is 35.1 Å². The minimum atomic E-state index is -0.230. The highest BCUT2D eigenvalue weighted by Crippen LogP contribution is 2.13. The van der Waals surface area contributed by atoms with Gasteiger partial charge in [0, 0.05) is 10.2 Å². The Hall–Kier alpha value is -2.20. The molecule has 6 nitrogen and oxygen atoms in total. The zero-order chi connectivity index (χ0) is 13.0. The number of hydrogen-bond acceptors (Lipinski definition) is 4. The Kier molecular flexibility index (Phi) is 3.69. The van der Waals surface area contributed by atoms with E-state index in [4.69, 9.17) is 5.26 Å². The van der Waals surface area contributed by atoms with Crippen LogP contribution < -0.4 is 5.32 Å². The number of anilines is 1. The van der Waals surface area contributed by atoms with Crippen molar-refractivity contribution < 1.29 is 4.79 Å². The van der Waals surface area contributed by atoms with E-state index in [1.54, 1.807) is 18.2 Å². The highest BCUT2D eigenvalue weighted by Gasteiger charge is 2.05. The Bertz CT molecular complexity index is 599. The maximum absolute atomic E-state index is 11.7. The second-order valence-electron chi connectivity index (χ2n) is 3.43. The van der Waals surface area contributed by atoms with Gasteiger partial charge in [-0.3, -0.25) is 4.79 Å². The van der Waals surface area contributed by atoms with E-state index in [9.17, 15) is 4.79 Å². The van der Waals surface area contributed by atoms with Crippen molar-refractivity contribution >= 4 is 27.5 Å². The van der Waals surface area contributed by atoms with Crippen molar-refractivity contribution in [2.75, 3.05) is 5.32 Å². The number of halogens is 1. The molecule has 0 saturated heterocycles. The summed E-state index contributed by atoms with van der Waals surface area (Å²) in [6.45, 7) is 0.0186. The monoisotopic (exact) mass is 305 g/mol. The topological polar surface area (TPSA) is 83.6 Å². The van der Waals surface area contributed by atoms with Crippen molar-refractivity contribution in [1.82, 2.24) is 14.8 Å². The Morgan fingerprint density at radius 1 is 1.44 bits per heavy atom. The summed E-state index contributed by atoms with van der Waals surface area (Å²) in [6.07, 6.45) is 1.35. The van der Waals surface area contributed by atoms with Gasteiger partial charge in [-0.05, 0) is 24.3 Å². The van der Waals surface area contributed by atoms with Gasteiger partial charge < -0.3 is 5.32 Å². The first-order valence-corrected chi connectivity index (χ1v) is 5.81. The van der Waals surface area contributed by atoms with E-state index in [1.165, 1.54) is 11.0 Å². The van der Waals surface area contributed by atoms with Crippen molar-refractivity contribution in [3.63, 3.8) is 0 Å². The first-order valence-electron chi connectivity index (χ1n) is 5.02. The summed E-state index contributed by atoms with van der Waals surface area (Å²) in [4.78, 5) is 15.4. The van der Waals surface area contributed by atoms with Gasteiger partial charge in [0.15, 0.2) is 0 Å². The number of amides is 1. The lowest BCUT2D eigenvalue weighted by Gasteiger charge is -2.04. The van der Waals surface area contributed by atoms with Crippen LogP contribution >= 0.6 is 15.9 Å². The molecule has 0 unspecified atom stereocenters. The Balaban J connectivity index is 1.96. The Morgan fingerprint density at radius 3 is 2.78 bits per heavy atom. The molecule has 0 aliphatic heterocycles. The van der Waals surface area contributed by atoms with Gasteiger partial charge in [-0.2, -0.15) is 5.26 Å². The van der Waals surface area contributed by atoms with Crippen LogP contribution in [0.5, 0.6) is 0 Å². The van der Waals surface area contributed by atoms with Gasteiger partial charge in [0.1, 0.15) is 18.9 Å². The summed E-state index contributed by atoms with van der Waals surface area (Å²) >= 11 is 3.31. The summed E-state index contributed by atoms with van der Waals surface area (Å²) < 4.78 is 2.25. The minimum absolute atomic E-state index is 0.0186. The number of carbonyl (C=O) groups is 1. The average Bonchev–Trinajstić information content (AvgIpc) is 2.79. The van der Waals surface area contributed by atoms with Crippen molar-refractivity contribution in [2.24, 2.45) is 0 Å². The molecule has 0 aliphatic rings. The summed E-state index contributed by atoms with van der Waals surface area (Å²) in [5.74, 6) is -0.182. The maximum Gasteiger partial charge on any atom is 0.252 e. The minimum Gasteiger partial charge on any atom is -0.324 e. The Morgan fingerprint density at radius 2 is 2.17 bits per heavy atom. The standard InChI is InChI=1S/C11H8BrN5O/c12-8-1-3-9(4-2-8)15-11(18)6-17-7-14-10(5-13)16-17/h1-4,7H,6H2,(H,15,18). The molecule has 0 atom stereocenters. The summed E-state index contributed by atoms with van der Waals surface area (Å²) in [6, 6.07) is 9.02. The second kappa shape index (κ2) is 5.42. The molecule has 0 spiro atoms. The normalized spacial score (nSPS) is 9.78. The van der Waals surface area contributed by atoms with Crippen LogP contribution in [-0.4, -0.2) is 20.7 Å². The number of aromatic nitrogens is 3. The number of nitriles is 1. The predicted octanol–water partition coefficient (Wildman–Crippen LogP) is 1.55. The Labute approximate surface area is 111 Å². The van der Waals surface area contributed by atoms with Crippen LogP contribution in [0.3, 0.4) is 0 Å². The molecule has 1 aromatic heterocycles. The van der Waals surface area contributed by atoms with E-state index in [1.807, 2.05) is 12.1 Å². The summed E-state index contributed by atoms with van der Waals surface area (Å²) in [5, 5.41) is 15.1. The van der Waals surface area contributed by atoms with E-state index >= 15 is 0 Å². The van der Waals surface area contributed by atoms with Gasteiger partial charge >= 0.3 is 0 Å². The molecule has 2 aromatic rings. The third-order valence-corrected chi connectivity index (χ3v) is 2.60. The third-order valence-electron chi connectivity index (χ3n) is 2.07. The van der Waals surface area contributed by atoms with Gasteiger partial charge in [0.25, 0.3) is 5.82 Å². The SMILES string of the molecule is N#Cc1ncn(CC(=O)Nc2ccc(Br)cc2)n1. The van der Waals surface area contributed by atoms with Crippen LogP contribution in [0.1, 0.15) is 5.82 Å². The highest BCUT2D eigenvalue weighted by atomic mass is 79.9. The largest absolute Gasteiger partial charge is 0.324 e. The van der Waals surface area contributed by atoms with Gasteiger partial charge in [-0.1, -0.05) is 15.9 Å². The third kappa shape index (κ3) is 3.15. The second-order valence-corrected chi connectivity index (χ2v) is 4.35. The van der Waals surface area contributed by atoms with Crippen LogP contribution in [0, 0.1) is 11.3 Å². The molecule has 0 bridgehead atoms. The molecule has 1 N–H and O–H groups in total. The van der Waals surface area contributed by atoms with Crippen LogP contribution in [0.2, 0.25) is 0 Å². The molecule has 2 rings (SSSR count). The smallest absolute Gasteiger partial charge is 0.252 e. The average molecular weight is 306 g/mol. The predicted molar refractivity (Wildman–Crippen MR) is 67.5 cm³/mol. The number of rotatable bonds is 3. The molecular formula is C11H8BrN5O. The summed E-state index contributed by atoms with van der Waals surface area (Å²) in [5.41, 5.74) is 0.698. The number of nitrogens with zero attached hydrogens (tertiary/aromatic N) is 4. The molecule has 90 valence electrons. The fourth-order valence-electron chi connectivity index (χ4n) is 1.30. The highest BCUT2D eigenvalue weighted by molar-refractivity contribution is 9.10. The lowest BCUT2D eigenvalue weighted by Crippen LogP contribution is -2.19. The number of benzene rings is 1. The van der Waals surface area contributed by atoms with Crippen LogP contribution in [0.25, 0.3) is 0 Å². The molecule has 0 radical (unpaired) electrons. The molecule has 1 heterocycles. The van der Waals surface area contributed by atoms with Gasteiger partial charge in [-0.15, -0.1) is 5.10 Å². The molecule has 0 fully saturated rings. The lowest BCUT2D eigenvalue weighted by molar-refractivity contribution is -0.116. The zero-order valence-electron chi connectivity index (χ0n) is 9.17. The first kappa shape index (κ1) is 12.3. The lowest BCUT2D eigenvalue weighted by atomic mass is 10.3. The van der Waals surface area contributed by atoms with Crippen LogP contribution in [0.4, 0.5) is 5.69 Å². The maximum atomic E-state index is 11.7. The number of carbonyl (C=O) groups excluding carboxylic acids is 1.